The van der Waals surface area contributed by atoms with Crippen molar-refractivity contribution in [2.75, 3.05) is 27.3 Å². The highest BCUT2D eigenvalue weighted by molar-refractivity contribution is 6.04. The number of halogens is 2. The topological polar surface area (TPSA) is 175 Å². The van der Waals surface area contributed by atoms with Gasteiger partial charge in [-0.15, -0.1) is 0 Å². The Morgan fingerprint density at radius 3 is 1.87 bits per heavy atom. The molecule has 0 unspecified atom stereocenters. The number of aliphatic imine (C=N–C) groups is 1. The average Bonchev–Trinajstić information content (AvgIpc) is 4.10. The Labute approximate surface area is 363 Å². The first kappa shape index (κ1) is 43.2. The molecule has 3 aliphatic heterocycles. The SMILES string of the molecule is COC(=O)N[C@H](C(=O)N1CCC[C@H]1C1=NC=C(c2ccc3c(c2)C(F)(F)c2cc(-c4ccc5c(=O)[nH]c([C@@H]6CCCN6C(=O)[C@@H](NC(=O)OC)C(C)C)nc5c4)ccc2-3)C1)C(C)C. The summed E-state index contributed by atoms with van der Waals surface area (Å²) in [6.45, 7) is 8.28. The van der Waals surface area contributed by atoms with Gasteiger partial charge < -0.3 is 34.9 Å². The number of rotatable bonds is 10. The number of likely N-dealkylation sites (tertiary alicyclic amines) is 2. The maximum Gasteiger partial charge on any atom is 0.407 e. The molecule has 330 valence electrons. The zero-order chi connectivity index (χ0) is 44.9. The molecular formula is C47H51F2N7O7. The molecule has 4 heterocycles. The van der Waals surface area contributed by atoms with Crippen molar-refractivity contribution in [1.82, 2.24) is 30.4 Å². The third-order valence-electron chi connectivity index (χ3n) is 12.7. The summed E-state index contributed by atoms with van der Waals surface area (Å²) in [5.41, 5.74) is 3.85. The third kappa shape index (κ3) is 7.95. The number of carbonyl (C=O) groups excluding carboxylic acids is 4. The largest absolute Gasteiger partial charge is 0.453 e. The normalized spacial score (nSPS) is 19.7. The fraction of sp³-hybridized carbons (Fsp3) is 0.426. The van der Waals surface area contributed by atoms with Crippen LogP contribution in [0.15, 0.2) is 70.6 Å². The molecule has 2 fully saturated rings. The molecule has 2 saturated heterocycles. The highest BCUT2D eigenvalue weighted by Crippen LogP contribution is 2.53. The summed E-state index contributed by atoms with van der Waals surface area (Å²) in [5.74, 6) is -3.94. The number of ether oxygens (including phenoxy) is 2. The minimum absolute atomic E-state index is 0.110. The number of hydrogen-bond donors (Lipinski definition) is 3. The van der Waals surface area contributed by atoms with Crippen LogP contribution < -0.4 is 16.2 Å². The number of fused-ring (bicyclic) bond motifs is 4. The number of alkyl halides is 2. The molecule has 0 bridgehead atoms. The molecule has 4 aromatic rings. The van der Waals surface area contributed by atoms with Gasteiger partial charge in [-0.2, -0.15) is 8.78 Å². The predicted octanol–water partition coefficient (Wildman–Crippen LogP) is 7.31. The van der Waals surface area contributed by atoms with Gasteiger partial charge in [0, 0.05) is 42.5 Å². The number of allylic oxidation sites excluding steroid dienone is 1. The Hall–Kier alpha value is -6.45. The third-order valence-corrected chi connectivity index (χ3v) is 12.7. The quantitative estimate of drug-likeness (QED) is 0.149. The van der Waals surface area contributed by atoms with Crippen LogP contribution in [0.5, 0.6) is 0 Å². The second-order valence-corrected chi connectivity index (χ2v) is 17.3. The first-order valence-corrected chi connectivity index (χ1v) is 21.4. The zero-order valence-corrected chi connectivity index (χ0v) is 36.1. The van der Waals surface area contributed by atoms with Gasteiger partial charge in [0.15, 0.2) is 0 Å². The molecule has 4 amide bonds. The van der Waals surface area contributed by atoms with Crippen molar-refractivity contribution < 1.29 is 37.4 Å². The van der Waals surface area contributed by atoms with E-state index in [2.05, 4.69) is 15.6 Å². The summed E-state index contributed by atoms with van der Waals surface area (Å²) in [7, 11) is 2.48. The van der Waals surface area contributed by atoms with E-state index in [-0.39, 0.29) is 40.8 Å². The lowest BCUT2D eigenvalue weighted by Gasteiger charge is -2.31. The van der Waals surface area contributed by atoms with Gasteiger partial charge in [-0.05, 0) is 95.2 Å². The molecule has 0 radical (unpaired) electrons. The molecule has 63 heavy (non-hydrogen) atoms. The number of benzene rings is 3. The Morgan fingerprint density at radius 2 is 1.29 bits per heavy atom. The van der Waals surface area contributed by atoms with Gasteiger partial charge in [0.05, 0.1) is 37.2 Å². The van der Waals surface area contributed by atoms with E-state index in [0.29, 0.717) is 83.3 Å². The second-order valence-electron chi connectivity index (χ2n) is 17.3. The van der Waals surface area contributed by atoms with E-state index in [1.807, 2.05) is 33.8 Å². The van der Waals surface area contributed by atoms with Gasteiger partial charge in [-0.25, -0.2) is 14.6 Å². The standard InChI is InChI=1S/C47H51F2N7O7/c1-24(2)39(52-45(60)62-5)43(58)55-17-7-9-37(55)36-22-29(23-50-36)27-12-15-31-30-14-11-26(19-33(30)47(48,49)34(31)20-27)28-13-16-32-35(21-28)51-41(54-42(32)57)38-10-8-18-56(38)44(59)40(25(3)4)53-46(61)63-6/h11-16,19-21,23-25,37-40H,7-10,17-18,22H2,1-6H3,(H,52,60)(H,53,61)(H,51,54,57)/t37-,38-,39-,40-/m0/s1. The molecule has 0 saturated carbocycles. The fourth-order valence-corrected chi connectivity index (χ4v) is 9.37. The number of amides is 4. The molecule has 16 heteroatoms. The predicted molar refractivity (Wildman–Crippen MR) is 233 cm³/mol. The number of hydrogen-bond acceptors (Lipinski definition) is 9. The number of alkyl carbamates (subject to hydrolysis) is 2. The highest BCUT2D eigenvalue weighted by Gasteiger charge is 2.45. The summed E-state index contributed by atoms with van der Waals surface area (Å²) in [4.78, 5) is 80.6. The number of aromatic amines is 1. The Balaban J connectivity index is 1.01. The summed E-state index contributed by atoms with van der Waals surface area (Å²) < 4.78 is 42.7. The molecule has 8 rings (SSSR count). The van der Waals surface area contributed by atoms with Crippen molar-refractivity contribution in [3.05, 3.63) is 93.7 Å². The van der Waals surface area contributed by atoms with Gasteiger partial charge >= 0.3 is 12.2 Å². The van der Waals surface area contributed by atoms with Crippen molar-refractivity contribution in [1.29, 1.82) is 0 Å². The number of methoxy groups -OCH3 is 2. The monoisotopic (exact) mass is 863 g/mol. The van der Waals surface area contributed by atoms with Crippen molar-refractivity contribution in [2.45, 2.75) is 89.9 Å². The lowest BCUT2D eigenvalue weighted by molar-refractivity contribution is -0.135. The van der Waals surface area contributed by atoms with Crippen LogP contribution in [-0.2, 0) is 25.0 Å². The summed E-state index contributed by atoms with van der Waals surface area (Å²) in [6.07, 6.45) is 3.38. The van der Waals surface area contributed by atoms with E-state index in [0.717, 1.165) is 17.7 Å². The smallest absolute Gasteiger partial charge is 0.407 e. The summed E-state index contributed by atoms with van der Waals surface area (Å²) >= 11 is 0. The Kier molecular flexibility index (Phi) is 11.7. The Bertz CT molecular complexity index is 2640. The van der Waals surface area contributed by atoms with Crippen LogP contribution in [-0.4, -0.2) is 94.9 Å². The molecular weight excluding hydrogens is 813 g/mol. The second kappa shape index (κ2) is 17.0. The van der Waals surface area contributed by atoms with Crippen LogP contribution in [0.1, 0.15) is 88.4 Å². The maximum atomic E-state index is 16.6. The number of nitrogens with zero attached hydrogens (tertiary/aromatic N) is 4. The van der Waals surface area contributed by atoms with Crippen LogP contribution in [0.2, 0.25) is 0 Å². The average molecular weight is 864 g/mol. The maximum absolute atomic E-state index is 16.6. The fourth-order valence-electron chi connectivity index (χ4n) is 9.37. The van der Waals surface area contributed by atoms with Crippen molar-refractivity contribution >= 4 is 46.2 Å². The number of nitrogens with one attached hydrogen (secondary N) is 3. The molecule has 3 aromatic carbocycles. The van der Waals surface area contributed by atoms with Gasteiger partial charge in [-0.1, -0.05) is 58.0 Å². The first-order chi connectivity index (χ1) is 30.1. The first-order valence-electron chi connectivity index (χ1n) is 21.4. The van der Waals surface area contributed by atoms with Gasteiger partial charge in [0.1, 0.15) is 17.9 Å². The molecule has 4 atom stereocenters. The minimum Gasteiger partial charge on any atom is -0.453 e. The van der Waals surface area contributed by atoms with Crippen molar-refractivity contribution in [3.8, 4) is 22.3 Å². The molecule has 3 N–H and O–H groups in total. The summed E-state index contributed by atoms with van der Waals surface area (Å²) in [5, 5.41) is 5.60. The highest BCUT2D eigenvalue weighted by atomic mass is 19.3. The number of H-pyrrole nitrogens is 1. The molecule has 1 aliphatic carbocycles. The van der Waals surface area contributed by atoms with Crippen LogP contribution in [0.4, 0.5) is 18.4 Å². The van der Waals surface area contributed by atoms with Crippen LogP contribution in [0.3, 0.4) is 0 Å². The van der Waals surface area contributed by atoms with Crippen molar-refractivity contribution in [2.24, 2.45) is 16.8 Å². The van der Waals surface area contributed by atoms with Gasteiger partial charge in [0.2, 0.25) is 11.8 Å². The van der Waals surface area contributed by atoms with Crippen molar-refractivity contribution in [3.63, 3.8) is 0 Å². The van der Waals surface area contributed by atoms with Crippen LogP contribution in [0.25, 0.3) is 38.7 Å². The number of carbonyl (C=O) groups is 4. The Morgan fingerprint density at radius 1 is 0.762 bits per heavy atom. The zero-order valence-electron chi connectivity index (χ0n) is 36.1. The van der Waals surface area contributed by atoms with Gasteiger partial charge in [-0.3, -0.25) is 19.4 Å². The van der Waals surface area contributed by atoms with Crippen LogP contribution in [0, 0.1) is 11.8 Å². The molecule has 0 spiro atoms. The lowest BCUT2D eigenvalue weighted by Crippen LogP contribution is -2.53. The minimum atomic E-state index is -3.32. The van der Waals surface area contributed by atoms with E-state index in [9.17, 15) is 24.0 Å². The lowest BCUT2D eigenvalue weighted by atomic mass is 9.94. The summed E-state index contributed by atoms with van der Waals surface area (Å²) in [6, 6.07) is 12.7. The molecule has 1 aromatic heterocycles. The number of aromatic nitrogens is 2. The molecule has 4 aliphatic rings. The van der Waals surface area contributed by atoms with E-state index in [4.69, 9.17) is 19.5 Å². The van der Waals surface area contributed by atoms with E-state index in [1.54, 1.807) is 52.4 Å². The van der Waals surface area contributed by atoms with E-state index >= 15 is 8.78 Å². The van der Waals surface area contributed by atoms with Gasteiger partial charge in [0.25, 0.3) is 11.5 Å². The van der Waals surface area contributed by atoms with E-state index < -0.39 is 41.8 Å². The van der Waals surface area contributed by atoms with E-state index in [1.165, 1.54) is 26.4 Å². The molecule has 14 nitrogen and oxygen atoms in total. The van der Waals surface area contributed by atoms with Crippen LogP contribution >= 0.6 is 0 Å².